The molecule has 1 aromatic heterocycles. The van der Waals surface area contributed by atoms with Crippen LogP contribution in [0.1, 0.15) is 37.8 Å². The van der Waals surface area contributed by atoms with Crippen LogP contribution < -0.4 is 0 Å². The Morgan fingerprint density at radius 1 is 1.11 bits per heavy atom. The van der Waals surface area contributed by atoms with Gasteiger partial charge >= 0.3 is 0 Å². The van der Waals surface area contributed by atoms with Crippen molar-refractivity contribution in [1.29, 1.82) is 0 Å². The Bertz CT molecular complexity index is 546. The Labute approximate surface area is 114 Å². The summed E-state index contributed by atoms with van der Waals surface area (Å²) in [6.07, 6.45) is 6.65. The van der Waals surface area contributed by atoms with Crippen molar-refractivity contribution in [3.8, 4) is 0 Å². The van der Waals surface area contributed by atoms with Crippen LogP contribution >= 0.6 is 0 Å². The number of hydrogen-bond donors (Lipinski definition) is 1. The molecule has 0 bridgehead atoms. The molecule has 2 nitrogen and oxygen atoms in total. The molecule has 1 saturated carbocycles. The van der Waals surface area contributed by atoms with Gasteiger partial charge < -0.3 is 5.11 Å². The highest BCUT2D eigenvalue weighted by Gasteiger charge is 2.19. The molecule has 1 heterocycles. The number of hydrogen-bond acceptors (Lipinski definition) is 2. The molecular formula is C17H21NO. The van der Waals surface area contributed by atoms with Gasteiger partial charge in [-0.2, -0.15) is 0 Å². The normalized spacial score (nSPS) is 17.9. The van der Waals surface area contributed by atoms with E-state index in [0.717, 1.165) is 28.9 Å². The summed E-state index contributed by atoms with van der Waals surface area (Å²) < 4.78 is 0. The van der Waals surface area contributed by atoms with Crippen molar-refractivity contribution in [2.45, 2.75) is 44.6 Å². The average Bonchev–Trinajstić information content (AvgIpc) is 2.91. The van der Waals surface area contributed by atoms with Crippen LogP contribution in [0.5, 0.6) is 0 Å². The molecule has 19 heavy (non-hydrogen) atoms. The van der Waals surface area contributed by atoms with Crippen molar-refractivity contribution in [3.63, 3.8) is 0 Å². The summed E-state index contributed by atoms with van der Waals surface area (Å²) in [5.41, 5.74) is 2.03. The van der Waals surface area contributed by atoms with Crippen molar-refractivity contribution < 1.29 is 5.11 Å². The van der Waals surface area contributed by atoms with Crippen LogP contribution in [0.2, 0.25) is 0 Å². The molecule has 2 aromatic rings. The van der Waals surface area contributed by atoms with Gasteiger partial charge in [0.05, 0.1) is 11.6 Å². The lowest BCUT2D eigenvalue weighted by Gasteiger charge is -2.15. The van der Waals surface area contributed by atoms with Crippen LogP contribution in [0.25, 0.3) is 10.9 Å². The smallest absolute Gasteiger partial charge is 0.0705 e. The lowest BCUT2D eigenvalue weighted by Crippen LogP contribution is -2.15. The van der Waals surface area contributed by atoms with Crippen LogP contribution in [0.15, 0.2) is 36.4 Å². The second-order valence-electron chi connectivity index (χ2n) is 5.74. The first-order valence-electron chi connectivity index (χ1n) is 7.34. The predicted molar refractivity (Wildman–Crippen MR) is 78.0 cm³/mol. The fraction of sp³-hybridized carbons (Fsp3) is 0.471. The third-order valence-electron chi connectivity index (χ3n) is 4.18. The Kier molecular flexibility index (Phi) is 3.79. The lowest BCUT2D eigenvalue weighted by molar-refractivity contribution is 0.142. The van der Waals surface area contributed by atoms with Crippen LogP contribution in [-0.2, 0) is 6.42 Å². The quantitative estimate of drug-likeness (QED) is 0.903. The van der Waals surface area contributed by atoms with E-state index in [2.05, 4.69) is 17.1 Å². The number of pyridine rings is 1. The van der Waals surface area contributed by atoms with Crippen molar-refractivity contribution in [2.24, 2.45) is 5.92 Å². The minimum absolute atomic E-state index is 0.239. The molecule has 1 atom stereocenters. The number of fused-ring (bicyclic) bond motifs is 1. The van der Waals surface area contributed by atoms with E-state index < -0.39 is 0 Å². The molecule has 1 aliphatic carbocycles. The molecule has 0 radical (unpaired) electrons. The highest BCUT2D eigenvalue weighted by atomic mass is 16.3. The first-order valence-corrected chi connectivity index (χ1v) is 7.34. The second-order valence-corrected chi connectivity index (χ2v) is 5.74. The predicted octanol–water partition coefficient (Wildman–Crippen LogP) is 3.72. The second kappa shape index (κ2) is 5.70. The van der Waals surface area contributed by atoms with E-state index >= 15 is 0 Å². The number of aliphatic hydroxyl groups is 1. The summed E-state index contributed by atoms with van der Waals surface area (Å²) in [7, 11) is 0. The minimum atomic E-state index is -0.239. The molecule has 1 unspecified atom stereocenters. The van der Waals surface area contributed by atoms with Crippen LogP contribution in [0, 0.1) is 5.92 Å². The molecule has 0 amide bonds. The monoisotopic (exact) mass is 255 g/mol. The fourth-order valence-electron chi connectivity index (χ4n) is 3.18. The molecule has 0 aliphatic heterocycles. The van der Waals surface area contributed by atoms with Gasteiger partial charge in [0.2, 0.25) is 0 Å². The van der Waals surface area contributed by atoms with E-state index in [1.165, 1.54) is 25.7 Å². The molecule has 1 N–H and O–H groups in total. The number of para-hydroxylation sites is 1. The van der Waals surface area contributed by atoms with Gasteiger partial charge in [0.1, 0.15) is 0 Å². The Hall–Kier alpha value is -1.41. The van der Waals surface area contributed by atoms with Crippen molar-refractivity contribution >= 4 is 10.9 Å². The first kappa shape index (κ1) is 12.6. The van der Waals surface area contributed by atoms with E-state index in [-0.39, 0.29) is 6.10 Å². The molecule has 1 aliphatic rings. The Morgan fingerprint density at radius 3 is 2.74 bits per heavy atom. The van der Waals surface area contributed by atoms with Crippen LogP contribution in [-0.4, -0.2) is 16.2 Å². The summed E-state index contributed by atoms with van der Waals surface area (Å²) in [5, 5.41) is 11.4. The third-order valence-corrected chi connectivity index (χ3v) is 4.18. The lowest BCUT2D eigenvalue weighted by atomic mass is 9.97. The Morgan fingerprint density at radius 2 is 1.89 bits per heavy atom. The van der Waals surface area contributed by atoms with Gasteiger partial charge in [0.25, 0.3) is 0 Å². The van der Waals surface area contributed by atoms with Crippen molar-refractivity contribution in [2.75, 3.05) is 0 Å². The van der Waals surface area contributed by atoms with Gasteiger partial charge in [-0.15, -0.1) is 0 Å². The number of aromatic nitrogens is 1. The van der Waals surface area contributed by atoms with E-state index in [4.69, 9.17) is 0 Å². The number of nitrogens with zero attached hydrogens (tertiary/aromatic N) is 1. The maximum absolute atomic E-state index is 10.2. The number of benzene rings is 1. The van der Waals surface area contributed by atoms with Gasteiger partial charge in [-0.3, -0.25) is 4.98 Å². The van der Waals surface area contributed by atoms with Crippen LogP contribution in [0.3, 0.4) is 0 Å². The average molecular weight is 255 g/mol. The topological polar surface area (TPSA) is 33.1 Å². The van der Waals surface area contributed by atoms with E-state index in [1.54, 1.807) is 0 Å². The van der Waals surface area contributed by atoms with Gasteiger partial charge in [-0.05, 0) is 24.5 Å². The zero-order valence-corrected chi connectivity index (χ0v) is 11.3. The van der Waals surface area contributed by atoms with E-state index in [9.17, 15) is 5.11 Å². The molecule has 100 valence electrons. The molecule has 2 heteroatoms. The molecule has 1 aromatic carbocycles. The molecule has 0 saturated heterocycles. The molecule has 0 spiro atoms. The van der Waals surface area contributed by atoms with Gasteiger partial charge in [0, 0.05) is 17.5 Å². The first-order chi connectivity index (χ1) is 9.31. The maximum Gasteiger partial charge on any atom is 0.0705 e. The summed E-state index contributed by atoms with van der Waals surface area (Å²) in [6, 6.07) is 12.3. The highest BCUT2D eigenvalue weighted by Crippen LogP contribution is 2.29. The van der Waals surface area contributed by atoms with E-state index in [1.807, 2.05) is 24.3 Å². The zero-order chi connectivity index (χ0) is 13.1. The maximum atomic E-state index is 10.2. The molecule has 1 fully saturated rings. The van der Waals surface area contributed by atoms with Gasteiger partial charge in [-0.25, -0.2) is 0 Å². The molecule has 3 rings (SSSR count). The summed E-state index contributed by atoms with van der Waals surface area (Å²) in [6.45, 7) is 0. The van der Waals surface area contributed by atoms with Gasteiger partial charge in [-0.1, -0.05) is 49.9 Å². The summed E-state index contributed by atoms with van der Waals surface area (Å²) in [5.74, 6) is 0.732. The zero-order valence-electron chi connectivity index (χ0n) is 11.3. The van der Waals surface area contributed by atoms with Crippen molar-refractivity contribution in [3.05, 3.63) is 42.1 Å². The van der Waals surface area contributed by atoms with Gasteiger partial charge in [0.15, 0.2) is 0 Å². The highest BCUT2D eigenvalue weighted by molar-refractivity contribution is 5.78. The fourth-order valence-corrected chi connectivity index (χ4v) is 3.18. The van der Waals surface area contributed by atoms with E-state index in [0.29, 0.717) is 6.42 Å². The number of aliphatic hydroxyl groups excluding tert-OH is 1. The minimum Gasteiger partial charge on any atom is -0.393 e. The largest absolute Gasteiger partial charge is 0.393 e. The standard InChI is InChI=1S/C17H21NO/c19-16(11-13-5-1-2-6-13)12-15-10-9-14-7-3-4-8-17(14)18-15/h3-4,7-10,13,16,19H,1-2,5-6,11-12H2. The van der Waals surface area contributed by atoms with Crippen molar-refractivity contribution in [1.82, 2.24) is 4.98 Å². The summed E-state index contributed by atoms with van der Waals surface area (Å²) in [4.78, 5) is 4.63. The number of rotatable bonds is 4. The molecular weight excluding hydrogens is 234 g/mol. The third kappa shape index (κ3) is 3.13. The van der Waals surface area contributed by atoms with Crippen LogP contribution in [0.4, 0.5) is 0 Å². The SMILES string of the molecule is OC(Cc1ccc2ccccc2n1)CC1CCCC1. The summed E-state index contributed by atoms with van der Waals surface area (Å²) >= 11 is 0. The Balaban J connectivity index is 1.66.